The zero-order valence-electron chi connectivity index (χ0n) is 10.7. The molecule has 0 atom stereocenters. The Morgan fingerprint density at radius 3 is 2.61 bits per heavy atom. The molecule has 1 aromatic rings. The zero-order valence-corrected chi connectivity index (χ0v) is 10.7. The Morgan fingerprint density at radius 1 is 1.33 bits per heavy atom. The number of amides is 1. The van der Waals surface area contributed by atoms with Gasteiger partial charge in [-0.3, -0.25) is 4.79 Å². The largest absolute Gasteiger partial charge is 0.273 e. The van der Waals surface area contributed by atoms with Crippen molar-refractivity contribution in [2.24, 2.45) is 11.0 Å². The van der Waals surface area contributed by atoms with Gasteiger partial charge in [-0.25, -0.2) is 9.40 Å². The van der Waals surface area contributed by atoms with Gasteiger partial charge in [0.15, 0.2) is 0 Å². The summed E-state index contributed by atoms with van der Waals surface area (Å²) in [5, 5.41) is 5.81. The lowest BCUT2D eigenvalue weighted by molar-refractivity contribution is -0.129. The van der Waals surface area contributed by atoms with Crippen LogP contribution in [0.25, 0.3) is 0 Å². The van der Waals surface area contributed by atoms with Gasteiger partial charge in [0.2, 0.25) is 5.91 Å². The van der Waals surface area contributed by atoms with Crippen molar-refractivity contribution in [3.63, 3.8) is 0 Å². The Kier molecular flexibility index (Phi) is 3.75. The number of benzene rings is 1. The predicted octanol–water partition coefficient (Wildman–Crippen LogP) is 2.96. The molecule has 0 aliphatic carbocycles. The number of carbonyl (C=O) groups is 1. The van der Waals surface area contributed by atoms with E-state index in [9.17, 15) is 9.18 Å². The van der Waals surface area contributed by atoms with Crippen molar-refractivity contribution >= 4 is 11.6 Å². The van der Waals surface area contributed by atoms with Gasteiger partial charge in [-0.1, -0.05) is 26.0 Å². The molecule has 2 rings (SSSR count). The second-order valence-electron chi connectivity index (χ2n) is 5.02. The fourth-order valence-corrected chi connectivity index (χ4v) is 2.00. The van der Waals surface area contributed by atoms with Gasteiger partial charge in [0.1, 0.15) is 5.82 Å². The maximum Gasteiger partial charge on any atom is 0.248 e. The molecule has 18 heavy (non-hydrogen) atoms. The third-order valence-corrected chi connectivity index (χ3v) is 2.79. The summed E-state index contributed by atoms with van der Waals surface area (Å²) in [6.07, 6.45) is 1.27. The second-order valence-corrected chi connectivity index (χ2v) is 5.02. The SMILES string of the molecule is CC(C)CC1=NN(Cc2ccc(F)cc2)C(=O)C1. The van der Waals surface area contributed by atoms with Gasteiger partial charge in [-0.05, 0) is 30.0 Å². The van der Waals surface area contributed by atoms with Gasteiger partial charge >= 0.3 is 0 Å². The topological polar surface area (TPSA) is 32.7 Å². The van der Waals surface area contributed by atoms with Crippen LogP contribution in [-0.4, -0.2) is 16.6 Å². The van der Waals surface area contributed by atoms with Crippen molar-refractivity contribution in [1.29, 1.82) is 0 Å². The molecule has 0 spiro atoms. The second kappa shape index (κ2) is 5.29. The monoisotopic (exact) mass is 248 g/mol. The molecule has 3 nitrogen and oxygen atoms in total. The van der Waals surface area contributed by atoms with Crippen LogP contribution in [0.4, 0.5) is 4.39 Å². The number of rotatable bonds is 4. The Balaban J connectivity index is 2.03. The quantitative estimate of drug-likeness (QED) is 0.806. The maximum absolute atomic E-state index is 12.8. The molecule has 0 saturated heterocycles. The van der Waals surface area contributed by atoms with Crippen molar-refractivity contribution in [1.82, 2.24) is 5.01 Å². The smallest absolute Gasteiger partial charge is 0.248 e. The molecular formula is C14H17FN2O. The van der Waals surface area contributed by atoms with Crippen molar-refractivity contribution in [3.05, 3.63) is 35.6 Å². The molecule has 96 valence electrons. The minimum Gasteiger partial charge on any atom is -0.273 e. The van der Waals surface area contributed by atoms with Crippen molar-refractivity contribution in [2.75, 3.05) is 0 Å². The summed E-state index contributed by atoms with van der Waals surface area (Å²) >= 11 is 0. The molecule has 0 unspecified atom stereocenters. The van der Waals surface area contributed by atoms with Crippen LogP contribution in [0.3, 0.4) is 0 Å². The number of hydrogen-bond acceptors (Lipinski definition) is 2. The molecule has 1 aromatic carbocycles. The molecular weight excluding hydrogens is 231 g/mol. The lowest BCUT2D eigenvalue weighted by Crippen LogP contribution is -2.20. The van der Waals surface area contributed by atoms with Gasteiger partial charge in [0.25, 0.3) is 0 Å². The number of hydrazone groups is 1. The van der Waals surface area contributed by atoms with Crippen LogP contribution in [0.1, 0.15) is 32.3 Å². The number of halogens is 1. The van der Waals surface area contributed by atoms with E-state index in [-0.39, 0.29) is 11.7 Å². The van der Waals surface area contributed by atoms with E-state index in [0.717, 1.165) is 17.7 Å². The van der Waals surface area contributed by atoms with Crippen LogP contribution in [0, 0.1) is 11.7 Å². The predicted molar refractivity (Wildman–Crippen MR) is 68.5 cm³/mol. The number of nitrogens with zero attached hydrogens (tertiary/aromatic N) is 2. The molecule has 1 aliphatic rings. The first-order valence-corrected chi connectivity index (χ1v) is 6.16. The minimum atomic E-state index is -0.268. The highest BCUT2D eigenvalue weighted by Crippen LogP contribution is 2.17. The summed E-state index contributed by atoms with van der Waals surface area (Å²) in [6.45, 7) is 4.63. The van der Waals surface area contributed by atoms with Crippen LogP contribution in [0.2, 0.25) is 0 Å². The van der Waals surface area contributed by atoms with Crippen LogP contribution < -0.4 is 0 Å². The van der Waals surface area contributed by atoms with Crippen molar-refractivity contribution in [3.8, 4) is 0 Å². The lowest BCUT2D eigenvalue weighted by Gasteiger charge is -2.11. The molecule has 0 bridgehead atoms. The maximum atomic E-state index is 12.8. The highest BCUT2D eigenvalue weighted by atomic mass is 19.1. The van der Waals surface area contributed by atoms with E-state index in [1.165, 1.54) is 17.1 Å². The minimum absolute atomic E-state index is 0.0231. The van der Waals surface area contributed by atoms with Crippen LogP contribution >= 0.6 is 0 Å². The lowest BCUT2D eigenvalue weighted by atomic mass is 10.1. The first kappa shape index (κ1) is 12.7. The van der Waals surface area contributed by atoms with Crippen molar-refractivity contribution in [2.45, 2.75) is 33.2 Å². The molecule has 0 fully saturated rings. The van der Waals surface area contributed by atoms with Crippen LogP contribution in [0.5, 0.6) is 0 Å². The first-order chi connectivity index (χ1) is 8.54. The standard InChI is InChI=1S/C14H17FN2O/c1-10(2)7-13-8-14(18)17(16-13)9-11-3-5-12(15)6-4-11/h3-6,10H,7-9H2,1-2H3. The molecule has 1 amide bonds. The normalized spacial score (nSPS) is 15.4. The van der Waals surface area contributed by atoms with Crippen molar-refractivity contribution < 1.29 is 9.18 Å². The molecule has 0 N–H and O–H groups in total. The summed E-state index contributed by atoms with van der Waals surface area (Å²) in [7, 11) is 0. The third kappa shape index (κ3) is 3.15. The summed E-state index contributed by atoms with van der Waals surface area (Å²) in [4.78, 5) is 11.8. The van der Waals surface area contributed by atoms with E-state index in [0.29, 0.717) is 18.9 Å². The Morgan fingerprint density at radius 2 is 2.00 bits per heavy atom. The highest BCUT2D eigenvalue weighted by molar-refractivity contribution is 6.04. The molecule has 0 aromatic heterocycles. The van der Waals surface area contributed by atoms with Crippen LogP contribution in [-0.2, 0) is 11.3 Å². The van der Waals surface area contributed by atoms with E-state index in [2.05, 4.69) is 18.9 Å². The molecule has 1 aliphatic heterocycles. The van der Waals surface area contributed by atoms with Gasteiger partial charge < -0.3 is 0 Å². The average molecular weight is 248 g/mol. The van der Waals surface area contributed by atoms with E-state index in [1.807, 2.05) is 0 Å². The van der Waals surface area contributed by atoms with E-state index >= 15 is 0 Å². The fraction of sp³-hybridized carbons (Fsp3) is 0.429. The summed E-state index contributed by atoms with van der Waals surface area (Å²) in [6, 6.07) is 6.15. The number of carbonyl (C=O) groups excluding carboxylic acids is 1. The summed E-state index contributed by atoms with van der Waals surface area (Å²) in [5.74, 6) is 0.257. The van der Waals surface area contributed by atoms with E-state index in [4.69, 9.17) is 0 Å². The summed E-state index contributed by atoms with van der Waals surface area (Å²) < 4.78 is 12.8. The van der Waals surface area contributed by atoms with Crippen LogP contribution in [0.15, 0.2) is 29.4 Å². The highest BCUT2D eigenvalue weighted by Gasteiger charge is 2.23. The fourth-order valence-electron chi connectivity index (χ4n) is 2.00. The van der Waals surface area contributed by atoms with E-state index < -0.39 is 0 Å². The molecule has 0 radical (unpaired) electrons. The zero-order chi connectivity index (χ0) is 13.1. The summed E-state index contributed by atoms with van der Waals surface area (Å²) in [5.41, 5.74) is 1.83. The third-order valence-electron chi connectivity index (χ3n) is 2.79. The Labute approximate surface area is 106 Å². The van der Waals surface area contributed by atoms with Gasteiger partial charge in [0.05, 0.1) is 13.0 Å². The van der Waals surface area contributed by atoms with Gasteiger partial charge in [-0.2, -0.15) is 5.10 Å². The average Bonchev–Trinajstić information content (AvgIpc) is 2.61. The van der Waals surface area contributed by atoms with Gasteiger partial charge in [0, 0.05) is 5.71 Å². The molecule has 0 saturated carbocycles. The molecule has 4 heteroatoms. The molecule has 1 heterocycles. The first-order valence-electron chi connectivity index (χ1n) is 6.16. The van der Waals surface area contributed by atoms with Gasteiger partial charge in [-0.15, -0.1) is 0 Å². The number of hydrogen-bond donors (Lipinski definition) is 0. The Hall–Kier alpha value is -1.71. The van der Waals surface area contributed by atoms with E-state index in [1.54, 1.807) is 12.1 Å². The Bertz CT molecular complexity index is 465.